The number of aliphatic hydroxyl groups excluding tert-OH is 1. The maximum atomic E-state index is 10.3. The fourth-order valence-corrected chi connectivity index (χ4v) is 2.26. The van der Waals surface area contributed by atoms with Crippen LogP contribution in [0.3, 0.4) is 0 Å². The molecule has 20 heavy (non-hydrogen) atoms. The number of benzene rings is 2. The highest BCUT2D eigenvalue weighted by molar-refractivity contribution is 5.56. The average molecular weight is 271 g/mol. The first kappa shape index (κ1) is 14.4. The summed E-state index contributed by atoms with van der Waals surface area (Å²) in [5.74, 6) is 0.758. The van der Waals surface area contributed by atoms with Crippen molar-refractivity contribution in [2.75, 3.05) is 19.0 Å². The van der Waals surface area contributed by atoms with Crippen LogP contribution in [0.1, 0.15) is 22.8 Å². The number of nitrogens with one attached hydrogen (secondary N) is 1. The molecule has 0 spiro atoms. The molecule has 2 aromatic rings. The van der Waals surface area contributed by atoms with Crippen molar-refractivity contribution in [2.24, 2.45) is 0 Å². The van der Waals surface area contributed by atoms with E-state index in [0.29, 0.717) is 6.54 Å². The van der Waals surface area contributed by atoms with Crippen molar-refractivity contribution in [1.82, 2.24) is 0 Å². The zero-order valence-electron chi connectivity index (χ0n) is 12.2. The molecule has 0 aliphatic heterocycles. The van der Waals surface area contributed by atoms with Crippen LogP contribution >= 0.6 is 0 Å². The van der Waals surface area contributed by atoms with Gasteiger partial charge in [0.1, 0.15) is 5.75 Å². The number of aliphatic hydroxyl groups is 1. The summed E-state index contributed by atoms with van der Waals surface area (Å²) in [5, 5.41) is 13.6. The van der Waals surface area contributed by atoms with Crippen LogP contribution in [0.25, 0.3) is 0 Å². The molecular formula is C17H21NO2. The number of aryl methyl sites for hydroxylation is 2. The Bertz CT molecular complexity index is 561. The fourth-order valence-electron chi connectivity index (χ4n) is 2.26. The first-order chi connectivity index (χ1) is 9.61. The Morgan fingerprint density at radius 1 is 1.10 bits per heavy atom. The van der Waals surface area contributed by atoms with Gasteiger partial charge in [-0.15, -0.1) is 0 Å². The molecule has 2 aromatic carbocycles. The predicted molar refractivity (Wildman–Crippen MR) is 82.4 cm³/mol. The molecule has 2 N–H and O–H groups in total. The molecule has 0 saturated carbocycles. The number of methoxy groups -OCH3 is 1. The minimum atomic E-state index is -0.566. The third kappa shape index (κ3) is 3.31. The van der Waals surface area contributed by atoms with Gasteiger partial charge in [-0.3, -0.25) is 0 Å². The molecule has 0 heterocycles. The van der Waals surface area contributed by atoms with E-state index < -0.39 is 6.10 Å². The third-order valence-electron chi connectivity index (χ3n) is 3.43. The highest BCUT2D eigenvalue weighted by Gasteiger charge is 2.09. The van der Waals surface area contributed by atoms with Gasteiger partial charge in [-0.05, 0) is 42.7 Å². The quantitative estimate of drug-likeness (QED) is 0.875. The predicted octanol–water partition coefficient (Wildman–Crippen LogP) is 3.46. The van der Waals surface area contributed by atoms with E-state index in [-0.39, 0.29) is 0 Å². The second-order valence-corrected chi connectivity index (χ2v) is 4.94. The maximum Gasteiger partial charge on any atom is 0.119 e. The maximum absolute atomic E-state index is 10.3. The minimum Gasteiger partial charge on any atom is -0.497 e. The van der Waals surface area contributed by atoms with Gasteiger partial charge in [-0.2, -0.15) is 0 Å². The molecule has 0 bridgehead atoms. The molecule has 0 radical (unpaired) electrons. The minimum absolute atomic E-state index is 0.471. The van der Waals surface area contributed by atoms with Gasteiger partial charge in [0, 0.05) is 12.2 Å². The smallest absolute Gasteiger partial charge is 0.119 e. The monoisotopic (exact) mass is 271 g/mol. The van der Waals surface area contributed by atoms with E-state index in [9.17, 15) is 5.11 Å². The van der Waals surface area contributed by atoms with Gasteiger partial charge in [0.25, 0.3) is 0 Å². The summed E-state index contributed by atoms with van der Waals surface area (Å²) in [6.45, 7) is 4.60. The van der Waals surface area contributed by atoms with Gasteiger partial charge in [-0.25, -0.2) is 0 Å². The Balaban J connectivity index is 2.06. The summed E-state index contributed by atoms with van der Waals surface area (Å²) in [7, 11) is 1.63. The van der Waals surface area contributed by atoms with Crippen LogP contribution < -0.4 is 10.1 Å². The Kier molecular flexibility index (Phi) is 4.64. The van der Waals surface area contributed by atoms with Crippen LogP contribution in [0, 0.1) is 13.8 Å². The summed E-state index contributed by atoms with van der Waals surface area (Å²) < 4.78 is 5.17. The molecule has 1 unspecified atom stereocenters. The van der Waals surface area contributed by atoms with E-state index >= 15 is 0 Å². The van der Waals surface area contributed by atoms with E-state index in [2.05, 4.69) is 31.3 Å². The highest BCUT2D eigenvalue weighted by Crippen LogP contribution is 2.23. The molecule has 0 aliphatic carbocycles. The number of rotatable bonds is 5. The second kappa shape index (κ2) is 6.44. The van der Waals surface area contributed by atoms with E-state index in [1.807, 2.05) is 30.3 Å². The van der Waals surface area contributed by atoms with Gasteiger partial charge in [-0.1, -0.05) is 30.3 Å². The standard InChI is InChI=1S/C17H21NO2/c1-12-6-4-7-13(2)17(12)18-11-16(19)14-8-5-9-15(10-14)20-3/h4-10,16,18-19H,11H2,1-3H3. The molecule has 0 amide bonds. The second-order valence-electron chi connectivity index (χ2n) is 4.94. The lowest BCUT2D eigenvalue weighted by Gasteiger charge is -2.17. The summed E-state index contributed by atoms with van der Waals surface area (Å²) in [6, 6.07) is 13.7. The van der Waals surface area contributed by atoms with Crippen molar-refractivity contribution < 1.29 is 9.84 Å². The summed E-state index contributed by atoms with van der Waals surface area (Å²) in [5.41, 5.74) is 4.31. The summed E-state index contributed by atoms with van der Waals surface area (Å²) in [6.07, 6.45) is -0.566. The number of hydrogen-bond donors (Lipinski definition) is 2. The van der Waals surface area contributed by atoms with Gasteiger partial charge in [0.2, 0.25) is 0 Å². The number of ether oxygens (including phenoxy) is 1. The normalized spacial score (nSPS) is 12.0. The van der Waals surface area contributed by atoms with Gasteiger partial charge in [0.15, 0.2) is 0 Å². The highest BCUT2D eigenvalue weighted by atomic mass is 16.5. The first-order valence-electron chi connectivity index (χ1n) is 6.74. The van der Waals surface area contributed by atoms with Crippen molar-refractivity contribution in [3.63, 3.8) is 0 Å². The van der Waals surface area contributed by atoms with Crippen LogP contribution in [0.4, 0.5) is 5.69 Å². The lowest BCUT2D eigenvalue weighted by molar-refractivity contribution is 0.191. The molecule has 3 nitrogen and oxygen atoms in total. The molecule has 0 aliphatic rings. The molecule has 0 aromatic heterocycles. The van der Waals surface area contributed by atoms with Crippen molar-refractivity contribution in [1.29, 1.82) is 0 Å². The van der Waals surface area contributed by atoms with E-state index in [4.69, 9.17) is 4.74 Å². The zero-order valence-corrected chi connectivity index (χ0v) is 12.2. The summed E-state index contributed by atoms with van der Waals surface area (Å²) in [4.78, 5) is 0. The Hall–Kier alpha value is -2.00. The molecule has 106 valence electrons. The van der Waals surface area contributed by atoms with E-state index in [1.165, 1.54) is 11.1 Å². The molecular weight excluding hydrogens is 250 g/mol. The topological polar surface area (TPSA) is 41.5 Å². The van der Waals surface area contributed by atoms with Crippen LogP contribution in [0.15, 0.2) is 42.5 Å². The molecule has 1 atom stereocenters. The fraction of sp³-hybridized carbons (Fsp3) is 0.294. The van der Waals surface area contributed by atoms with Gasteiger partial charge < -0.3 is 15.2 Å². The lowest BCUT2D eigenvalue weighted by atomic mass is 10.1. The third-order valence-corrected chi connectivity index (χ3v) is 3.43. The molecule has 0 saturated heterocycles. The van der Waals surface area contributed by atoms with Crippen molar-refractivity contribution in [2.45, 2.75) is 20.0 Å². The molecule has 0 fully saturated rings. The lowest BCUT2D eigenvalue weighted by Crippen LogP contribution is -2.13. The number of para-hydroxylation sites is 1. The summed E-state index contributed by atoms with van der Waals surface area (Å²) >= 11 is 0. The molecule has 2 rings (SSSR count). The number of hydrogen-bond acceptors (Lipinski definition) is 3. The van der Waals surface area contributed by atoms with Crippen molar-refractivity contribution >= 4 is 5.69 Å². The van der Waals surface area contributed by atoms with E-state index in [1.54, 1.807) is 7.11 Å². The average Bonchev–Trinajstić information content (AvgIpc) is 2.46. The Morgan fingerprint density at radius 2 is 1.75 bits per heavy atom. The van der Waals surface area contributed by atoms with Crippen LogP contribution in [-0.4, -0.2) is 18.8 Å². The Morgan fingerprint density at radius 3 is 2.40 bits per heavy atom. The zero-order chi connectivity index (χ0) is 14.5. The van der Waals surface area contributed by atoms with Crippen LogP contribution in [0.2, 0.25) is 0 Å². The largest absolute Gasteiger partial charge is 0.497 e. The SMILES string of the molecule is COc1cccc(C(O)CNc2c(C)cccc2C)c1. The van der Waals surface area contributed by atoms with Crippen molar-refractivity contribution in [3.05, 3.63) is 59.2 Å². The van der Waals surface area contributed by atoms with Gasteiger partial charge >= 0.3 is 0 Å². The first-order valence-corrected chi connectivity index (χ1v) is 6.74. The Labute approximate surface area is 120 Å². The van der Waals surface area contributed by atoms with Crippen LogP contribution in [0.5, 0.6) is 5.75 Å². The van der Waals surface area contributed by atoms with Crippen molar-refractivity contribution in [3.8, 4) is 5.75 Å². The van der Waals surface area contributed by atoms with Gasteiger partial charge in [0.05, 0.1) is 13.2 Å². The van der Waals surface area contributed by atoms with Crippen LogP contribution in [-0.2, 0) is 0 Å². The van der Waals surface area contributed by atoms with E-state index in [0.717, 1.165) is 17.0 Å². The molecule has 3 heteroatoms. The number of anilines is 1.